The van der Waals surface area contributed by atoms with Gasteiger partial charge in [-0.2, -0.15) is 39.5 Å². The first-order valence-electron chi connectivity index (χ1n) is 35.1. The number of carboxylic acids is 1. The van der Waals surface area contributed by atoms with E-state index in [-0.39, 0.29) is 155 Å². The summed E-state index contributed by atoms with van der Waals surface area (Å²) in [6, 6.07) is 52.4. The fourth-order valence-corrected chi connectivity index (χ4v) is 12.7. The van der Waals surface area contributed by atoms with Crippen molar-refractivity contribution in [2.45, 2.75) is 122 Å². The molecule has 0 saturated heterocycles. The largest absolute Gasteiger partial charge is 1.00 e. The van der Waals surface area contributed by atoms with Crippen LogP contribution in [0.2, 0.25) is 0 Å². The molecule has 11 aromatic rings. The zero-order valence-corrected chi connectivity index (χ0v) is 77.7. The maximum atomic E-state index is 13.9. The van der Waals surface area contributed by atoms with Crippen molar-refractivity contribution in [2.24, 2.45) is 5.84 Å². The van der Waals surface area contributed by atoms with Gasteiger partial charge in [-0.15, -0.1) is 61.7 Å². The number of anilines is 4. The van der Waals surface area contributed by atoms with Gasteiger partial charge in [0.05, 0.1) is 28.3 Å². The van der Waals surface area contributed by atoms with Crippen LogP contribution in [-0.4, -0.2) is 98.3 Å². The van der Waals surface area contributed by atoms with Crippen LogP contribution in [0.4, 0.5) is 62.3 Å². The van der Waals surface area contributed by atoms with Crippen molar-refractivity contribution in [1.29, 1.82) is 0 Å². The number of aliphatic carboxylic acids is 1. The van der Waals surface area contributed by atoms with E-state index in [0.717, 1.165) is 114 Å². The topological polar surface area (TPSA) is 302 Å². The summed E-state index contributed by atoms with van der Waals surface area (Å²) in [5.74, 6) is 1.37. The molecule has 2 heterocycles. The Labute approximate surface area is 805 Å². The summed E-state index contributed by atoms with van der Waals surface area (Å²) in [6.07, 6.45) is -7.34. The van der Waals surface area contributed by atoms with E-state index in [2.05, 4.69) is 90.0 Å². The number of carbonyl (C=O) groups excluding carboxylic acids is 4. The van der Waals surface area contributed by atoms with Crippen molar-refractivity contribution in [3.63, 3.8) is 0 Å². The number of nitrogens with one attached hydrogen (secondary N) is 5. The van der Waals surface area contributed by atoms with E-state index in [1.165, 1.54) is 45.9 Å². The summed E-state index contributed by atoms with van der Waals surface area (Å²) in [7, 11) is 0. The number of amides is 2. The molecule has 3 saturated carbocycles. The van der Waals surface area contributed by atoms with Gasteiger partial charge in [0.25, 0.3) is 6.47 Å². The summed E-state index contributed by atoms with van der Waals surface area (Å²) < 4.78 is 115. The molecule has 3 fully saturated rings. The minimum absolute atomic E-state index is 0. The smallest absolute Gasteiger partial charge is 1.00 e. The Kier molecular flexibility index (Phi) is 44.5. The van der Waals surface area contributed by atoms with Crippen LogP contribution in [0.15, 0.2) is 169 Å². The molecule has 3 aliphatic carbocycles. The molecule has 0 atom stereocenters. The second kappa shape index (κ2) is 50.4. The number of hydrogen-bond donors (Lipinski definition) is 8. The molecule has 119 heavy (non-hydrogen) atoms. The Morgan fingerprint density at radius 3 is 1.31 bits per heavy atom. The number of nitrogens with two attached hydrogens (primary N) is 2. The number of carbonyl (C=O) groups is 5. The molecule has 39 heteroatoms. The predicted molar refractivity (Wildman–Crippen MR) is 450 cm³/mol. The van der Waals surface area contributed by atoms with Crippen molar-refractivity contribution in [3.05, 3.63) is 230 Å². The molecule has 0 radical (unpaired) electrons. The molecule has 10 N–H and O–H groups in total. The Balaban J connectivity index is 0.000000383. The van der Waals surface area contributed by atoms with Gasteiger partial charge in [-0.3, -0.25) is 33.4 Å². The summed E-state index contributed by atoms with van der Waals surface area (Å²) >= 11 is 35.4. The van der Waals surface area contributed by atoms with Gasteiger partial charge in [0.15, 0.2) is 15.0 Å². The van der Waals surface area contributed by atoms with Crippen molar-refractivity contribution >= 4 is 184 Å². The van der Waals surface area contributed by atoms with Crippen molar-refractivity contribution < 1.29 is 183 Å². The number of fused-ring (bicyclic) bond motifs is 3. The standard InChI is InChI=1S/C26H23F3N4OS.C16H12F3N3S.C14H15N3S.C10H12ClNO.C8H11N.C2H2Cl2O.C2HF3O2.CH2Cl2.CH2O3.2K.H/c1-15-7-11-21(16(2)13-15)30-23(34)14-35-25-32-31-24(26(27,28)29)33(25)22-12-10-18(17-8-9-17)19-5-3-4-6-20(19)22;17-16(18,19)14-20-21-15(23)22(14)13-8-7-10(9-5-6-9)11-3-1-2-4-12(11)13;15-17-14(18)16-13-8-7-10(9-5-6-9)11-3-1-2-4-12(11)13;1-7-3-4-9(8(2)5-7)12-10(13)6-11;1-6-3-4-8(9)7(2)5-6;3-1-2(4)5;3-2(4,5)1(6)7;2-1-3;2-1-4-3;;;/h3-7,10-13,17H,8-9,14H2,1-2H3,(H,30,34);1-4,7-9H,5-6H2,(H,21,23);1-4,7-9H,5-6,15H2,(H2,16,17,18);3-5H,6H2,1-2H3,(H,12,13);3-5H,9H2,1-2H3;1H2;(H,6,7);1H2;1,3H;;;/q;;;;;;;;;2*+1;-1/p-1. The summed E-state index contributed by atoms with van der Waals surface area (Å²) in [4.78, 5) is 53.2. The van der Waals surface area contributed by atoms with Crippen LogP contribution in [0, 0.1) is 46.3 Å². The molecule has 0 bridgehead atoms. The molecular formula is C80H80Cl5F9K2N12O8S3. The van der Waals surface area contributed by atoms with Gasteiger partial charge in [0, 0.05) is 38.9 Å². The van der Waals surface area contributed by atoms with Crippen LogP contribution in [0.5, 0.6) is 0 Å². The molecule has 0 aliphatic heterocycles. The predicted octanol–water partition coefficient (Wildman–Crippen LogP) is 14.5. The average molecular weight is 1860 g/mol. The third-order valence-corrected chi connectivity index (χ3v) is 19.3. The summed E-state index contributed by atoms with van der Waals surface area (Å²) in [5.41, 5.74) is 22.6. The van der Waals surface area contributed by atoms with E-state index in [1.807, 2.05) is 150 Å². The molecule has 2 amide bonds. The van der Waals surface area contributed by atoms with Crippen LogP contribution in [0.3, 0.4) is 0 Å². The minimum atomic E-state index is -5.08. The van der Waals surface area contributed by atoms with E-state index in [1.54, 1.807) is 12.1 Å². The SMILES string of the molecule is Cc1ccc(N)c(C)c1.Cc1ccc(NC(=O)CCl)c(C)c1.Cc1ccc(NC(=O)CSc2nnc(C(F)(F)F)n2-c2ccc(C3CC3)c3ccccc23)c(C)c1.ClCCl.FC(F)(F)c1n[nH]c(=S)n1-c1ccc(C2CC2)c2ccccc12.NNC(=S)Nc1ccc(C2CC2)c2ccccc12.O=C(Cl)CCl.O=C(O)C(F)(F)F.O=CO[O-].[H-].[K+].[K+]. The van der Waals surface area contributed by atoms with E-state index in [0.29, 0.717) is 39.4 Å². The fraction of sp³-hybridized carbons (Fsp3) is 0.275. The number of H-pyrrole nitrogens is 1. The van der Waals surface area contributed by atoms with E-state index < -0.39 is 41.4 Å². The number of rotatable bonds is 14. The summed E-state index contributed by atoms with van der Waals surface area (Å²) in [6.45, 7) is 11.7. The number of alkyl halides is 13. The number of aromatic nitrogens is 6. The number of nitrogens with zero attached hydrogens (tertiary/aromatic N) is 5. The molecule has 14 rings (SSSR count). The Hall–Kier alpha value is -6.34. The Morgan fingerprint density at radius 1 is 0.580 bits per heavy atom. The molecular weight excluding hydrogens is 1780 g/mol. The average Bonchev–Trinajstić information content (AvgIpc) is 1.56. The molecule has 626 valence electrons. The van der Waals surface area contributed by atoms with Crippen LogP contribution >= 0.6 is 94.2 Å². The molecule has 2 aromatic heterocycles. The minimum Gasteiger partial charge on any atom is -1.00 e. The first-order valence-corrected chi connectivity index (χ1v) is 39.4. The van der Waals surface area contributed by atoms with Crippen LogP contribution in [0.25, 0.3) is 43.7 Å². The number of nitrogen functional groups attached to an aromatic ring is 1. The number of thioether (sulfide) groups is 1. The number of hydrogen-bond acceptors (Lipinski definition) is 15. The van der Waals surface area contributed by atoms with Crippen LogP contribution in [0.1, 0.15) is 119 Å². The van der Waals surface area contributed by atoms with Gasteiger partial charge >= 0.3 is 127 Å². The van der Waals surface area contributed by atoms with Gasteiger partial charge in [0.1, 0.15) is 5.88 Å². The second-order valence-corrected chi connectivity index (χ2v) is 29.5. The maximum absolute atomic E-state index is 13.9. The van der Waals surface area contributed by atoms with E-state index in [4.69, 9.17) is 114 Å². The van der Waals surface area contributed by atoms with E-state index >= 15 is 0 Å². The maximum Gasteiger partial charge on any atom is 1.00 e. The first-order chi connectivity index (χ1) is 55.3. The van der Waals surface area contributed by atoms with Gasteiger partial charge in [-0.1, -0.05) is 156 Å². The van der Waals surface area contributed by atoms with Crippen molar-refractivity contribution in [3.8, 4) is 11.4 Å². The molecule has 0 unspecified atom stereocenters. The zero-order chi connectivity index (χ0) is 86.6. The molecule has 0 spiro atoms. The van der Waals surface area contributed by atoms with Gasteiger partial charge in [-0.05, 0) is 220 Å². The van der Waals surface area contributed by atoms with Gasteiger partial charge in [0.2, 0.25) is 28.7 Å². The fourth-order valence-electron chi connectivity index (χ4n) is 11.6. The first kappa shape index (κ1) is 105. The van der Waals surface area contributed by atoms with Crippen molar-refractivity contribution in [2.75, 3.05) is 44.5 Å². The van der Waals surface area contributed by atoms with Gasteiger partial charge < -0.3 is 43.8 Å². The van der Waals surface area contributed by atoms with Crippen LogP contribution in [-0.2, 0) is 41.2 Å². The second-order valence-electron chi connectivity index (χ2n) is 26.0. The Bertz CT molecular complexity index is 5340. The number of aromatic amines is 1. The normalized spacial score (nSPS) is 12.3. The molecule has 3 aliphatic rings. The molecule has 20 nitrogen and oxygen atoms in total. The van der Waals surface area contributed by atoms with E-state index in [9.17, 15) is 53.9 Å². The monoisotopic (exact) mass is 1860 g/mol. The zero-order valence-electron chi connectivity index (χ0n) is 66.2. The van der Waals surface area contributed by atoms with Gasteiger partial charge in [-0.25, -0.2) is 10.6 Å². The van der Waals surface area contributed by atoms with Crippen molar-refractivity contribution in [1.82, 2.24) is 35.0 Å². The number of aryl methyl sites for hydroxylation is 6. The summed E-state index contributed by atoms with van der Waals surface area (Å²) in [5, 5.41) is 43.1. The third-order valence-electron chi connectivity index (χ3n) is 17.1. The quantitative estimate of drug-likeness (QED) is 0.00429. The number of thiocarbonyl (C=S) groups is 1. The third kappa shape index (κ3) is 33.0. The van der Waals surface area contributed by atoms with Crippen LogP contribution < -0.4 is 141 Å². The number of hydrazine groups is 1. The number of benzene rings is 9. The Morgan fingerprint density at radius 2 is 0.950 bits per heavy atom. The number of halogens is 14. The number of carboxylic acid groups (broad SMARTS) is 1. The molecule has 9 aromatic carbocycles.